The molecular formula is C20H25N3OS. The Kier molecular flexibility index (Phi) is 5.13. The highest BCUT2D eigenvalue weighted by atomic mass is 32.1. The minimum atomic E-state index is 0.142. The molecule has 1 saturated carbocycles. The Morgan fingerprint density at radius 2 is 1.72 bits per heavy atom. The quantitative estimate of drug-likeness (QED) is 0.838. The lowest BCUT2D eigenvalue weighted by Gasteiger charge is -2.40. The standard InChI is InChI=1S/C20H25N3OS/c24-20(18-15-21-19(25-18)16-7-3-1-4-8-16)23-13-11-22(12-14-23)17-9-5-2-6-10-17/h1,3-4,7-8,15,17H,2,5-6,9-14H2. The molecule has 25 heavy (non-hydrogen) atoms. The molecule has 0 radical (unpaired) electrons. The van der Waals surface area contributed by atoms with Gasteiger partial charge in [-0.2, -0.15) is 0 Å². The van der Waals surface area contributed by atoms with Gasteiger partial charge in [-0.15, -0.1) is 11.3 Å². The van der Waals surface area contributed by atoms with Crippen LogP contribution in [0.4, 0.5) is 0 Å². The maximum atomic E-state index is 12.8. The first kappa shape index (κ1) is 16.7. The van der Waals surface area contributed by atoms with Crippen molar-refractivity contribution < 1.29 is 4.79 Å². The molecule has 2 fully saturated rings. The van der Waals surface area contributed by atoms with E-state index in [0.717, 1.165) is 47.7 Å². The summed E-state index contributed by atoms with van der Waals surface area (Å²) in [7, 11) is 0. The van der Waals surface area contributed by atoms with Crippen LogP contribution in [0, 0.1) is 0 Å². The van der Waals surface area contributed by atoms with Crippen molar-refractivity contribution >= 4 is 17.2 Å². The van der Waals surface area contributed by atoms with Gasteiger partial charge >= 0.3 is 0 Å². The van der Waals surface area contributed by atoms with Crippen LogP contribution < -0.4 is 0 Å². The summed E-state index contributed by atoms with van der Waals surface area (Å²) in [6.45, 7) is 3.71. The predicted octanol–water partition coefficient (Wildman–Crippen LogP) is 3.90. The molecule has 1 aliphatic carbocycles. The summed E-state index contributed by atoms with van der Waals surface area (Å²) in [4.78, 5) is 22.6. The molecule has 2 aliphatic rings. The second-order valence-corrected chi connectivity index (χ2v) is 8.05. The molecular weight excluding hydrogens is 330 g/mol. The summed E-state index contributed by atoms with van der Waals surface area (Å²) in [5.41, 5.74) is 1.08. The van der Waals surface area contributed by atoms with Crippen molar-refractivity contribution in [2.24, 2.45) is 0 Å². The summed E-state index contributed by atoms with van der Waals surface area (Å²) in [6.07, 6.45) is 8.54. The first-order valence-corrected chi connectivity index (χ1v) is 10.2. The lowest BCUT2D eigenvalue weighted by Crippen LogP contribution is -2.52. The average Bonchev–Trinajstić information content (AvgIpc) is 3.19. The summed E-state index contributed by atoms with van der Waals surface area (Å²) in [5, 5.41) is 0.921. The van der Waals surface area contributed by atoms with Crippen LogP contribution in [-0.2, 0) is 0 Å². The van der Waals surface area contributed by atoms with Crippen molar-refractivity contribution in [3.63, 3.8) is 0 Å². The summed E-state index contributed by atoms with van der Waals surface area (Å²) >= 11 is 1.50. The normalized spacial score (nSPS) is 19.9. The number of hydrogen-bond acceptors (Lipinski definition) is 4. The van der Waals surface area contributed by atoms with Gasteiger partial charge in [0.05, 0.1) is 6.20 Å². The van der Waals surface area contributed by atoms with Crippen LogP contribution in [0.2, 0.25) is 0 Å². The highest BCUT2D eigenvalue weighted by Gasteiger charge is 2.28. The van der Waals surface area contributed by atoms with E-state index in [4.69, 9.17) is 0 Å². The SMILES string of the molecule is O=C(c1cnc(-c2ccccc2)s1)N1CCN(C2CCCCC2)CC1. The molecule has 1 amide bonds. The second-order valence-electron chi connectivity index (χ2n) is 7.02. The van der Waals surface area contributed by atoms with Crippen molar-refractivity contribution in [2.45, 2.75) is 38.1 Å². The number of benzene rings is 1. The van der Waals surface area contributed by atoms with Gasteiger partial charge in [0.1, 0.15) is 9.88 Å². The zero-order valence-electron chi connectivity index (χ0n) is 14.6. The van der Waals surface area contributed by atoms with Gasteiger partial charge in [-0.1, -0.05) is 49.6 Å². The molecule has 2 aromatic rings. The highest BCUT2D eigenvalue weighted by Crippen LogP contribution is 2.27. The van der Waals surface area contributed by atoms with E-state index in [-0.39, 0.29) is 5.91 Å². The molecule has 5 heteroatoms. The maximum absolute atomic E-state index is 12.8. The van der Waals surface area contributed by atoms with Gasteiger partial charge in [0.15, 0.2) is 0 Å². The molecule has 1 saturated heterocycles. The number of nitrogens with zero attached hydrogens (tertiary/aromatic N) is 3. The Labute approximate surface area is 153 Å². The molecule has 0 bridgehead atoms. The molecule has 0 unspecified atom stereocenters. The summed E-state index contributed by atoms with van der Waals surface area (Å²) < 4.78 is 0. The number of aromatic nitrogens is 1. The van der Waals surface area contributed by atoms with E-state index in [1.54, 1.807) is 6.20 Å². The number of piperazine rings is 1. The molecule has 4 nitrogen and oxygen atoms in total. The van der Waals surface area contributed by atoms with Gasteiger partial charge in [-0.05, 0) is 12.8 Å². The number of amides is 1. The zero-order valence-corrected chi connectivity index (χ0v) is 15.4. The van der Waals surface area contributed by atoms with Crippen molar-refractivity contribution in [2.75, 3.05) is 26.2 Å². The van der Waals surface area contributed by atoms with Gasteiger partial charge in [0.2, 0.25) is 0 Å². The molecule has 0 spiro atoms. The van der Waals surface area contributed by atoms with Crippen LogP contribution >= 0.6 is 11.3 Å². The molecule has 4 rings (SSSR count). The Balaban J connectivity index is 1.37. The van der Waals surface area contributed by atoms with E-state index in [1.165, 1.54) is 43.4 Å². The fourth-order valence-corrected chi connectivity index (χ4v) is 4.87. The Morgan fingerprint density at radius 1 is 1.00 bits per heavy atom. The fraction of sp³-hybridized carbons (Fsp3) is 0.500. The van der Waals surface area contributed by atoms with Gasteiger partial charge < -0.3 is 4.90 Å². The number of carbonyl (C=O) groups excluding carboxylic acids is 1. The molecule has 1 aliphatic heterocycles. The summed E-state index contributed by atoms with van der Waals surface area (Å²) in [6, 6.07) is 10.8. The van der Waals surface area contributed by atoms with Crippen LogP contribution in [-0.4, -0.2) is 52.9 Å². The highest BCUT2D eigenvalue weighted by molar-refractivity contribution is 7.16. The monoisotopic (exact) mass is 355 g/mol. The lowest BCUT2D eigenvalue weighted by molar-refractivity contribution is 0.0527. The number of hydrogen-bond donors (Lipinski definition) is 0. The average molecular weight is 356 g/mol. The van der Waals surface area contributed by atoms with E-state index >= 15 is 0 Å². The van der Waals surface area contributed by atoms with Crippen molar-refractivity contribution in [3.05, 3.63) is 41.4 Å². The third-order valence-electron chi connectivity index (χ3n) is 5.43. The zero-order chi connectivity index (χ0) is 17.1. The van der Waals surface area contributed by atoms with Crippen LogP contribution in [0.15, 0.2) is 36.5 Å². The van der Waals surface area contributed by atoms with E-state index in [2.05, 4.69) is 9.88 Å². The van der Waals surface area contributed by atoms with Gasteiger partial charge in [0, 0.05) is 37.8 Å². The molecule has 132 valence electrons. The minimum Gasteiger partial charge on any atom is -0.335 e. The number of thiazole rings is 1. The molecule has 0 N–H and O–H groups in total. The van der Waals surface area contributed by atoms with Gasteiger partial charge in [-0.25, -0.2) is 4.98 Å². The third kappa shape index (κ3) is 3.77. The second kappa shape index (κ2) is 7.67. The van der Waals surface area contributed by atoms with Crippen LogP contribution in [0.1, 0.15) is 41.8 Å². The minimum absolute atomic E-state index is 0.142. The van der Waals surface area contributed by atoms with E-state index in [9.17, 15) is 4.79 Å². The van der Waals surface area contributed by atoms with Crippen molar-refractivity contribution in [1.82, 2.24) is 14.8 Å². The number of rotatable bonds is 3. The third-order valence-corrected chi connectivity index (χ3v) is 6.46. The molecule has 1 aromatic carbocycles. The van der Waals surface area contributed by atoms with Crippen molar-refractivity contribution in [1.29, 1.82) is 0 Å². The molecule has 0 atom stereocenters. The fourth-order valence-electron chi connectivity index (χ4n) is 3.98. The summed E-state index contributed by atoms with van der Waals surface area (Å²) in [5.74, 6) is 0.142. The molecule has 1 aromatic heterocycles. The smallest absolute Gasteiger partial charge is 0.265 e. The van der Waals surface area contributed by atoms with Crippen LogP contribution in [0.25, 0.3) is 10.6 Å². The number of carbonyl (C=O) groups is 1. The lowest BCUT2D eigenvalue weighted by atomic mass is 9.94. The van der Waals surface area contributed by atoms with E-state index in [0.29, 0.717) is 0 Å². The largest absolute Gasteiger partial charge is 0.335 e. The van der Waals surface area contributed by atoms with E-state index in [1.807, 2.05) is 35.2 Å². The van der Waals surface area contributed by atoms with Crippen molar-refractivity contribution in [3.8, 4) is 10.6 Å². The van der Waals surface area contributed by atoms with E-state index < -0.39 is 0 Å². The maximum Gasteiger partial charge on any atom is 0.265 e. The Bertz CT molecular complexity index is 701. The van der Waals surface area contributed by atoms with Crippen LogP contribution in [0.3, 0.4) is 0 Å². The van der Waals surface area contributed by atoms with Gasteiger partial charge in [0.25, 0.3) is 5.91 Å². The van der Waals surface area contributed by atoms with Gasteiger partial charge in [-0.3, -0.25) is 9.69 Å². The first-order valence-electron chi connectivity index (χ1n) is 9.36. The Morgan fingerprint density at radius 3 is 2.44 bits per heavy atom. The Hall–Kier alpha value is -1.72. The molecule has 2 heterocycles. The van der Waals surface area contributed by atoms with Crippen LogP contribution in [0.5, 0.6) is 0 Å². The topological polar surface area (TPSA) is 36.4 Å². The predicted molar refractivity (Wildman–Crippen MR) is 102 cm³/mol. The first-order chi connectivity index (χ1) is 12.3.